The van der Waals surface area contributed by atoms with Crippen LogP contribution in [-0.4, -0.2) is 32.1 Å². The number of hydrogen-bond donors (Lipinski definition) is 1. The van der Waals surface area contributed by atoms with E-state index in [0.717, 1.165) is 16.8 Å². The van der Waals surface area contributed by atoms with Crippen molar-refractivity contribution in [3.63, 3.8) is 0 Å². The van der Waals surface area contributed by atoms with Crippen molar-refractivity contribution in [2.24, 2.45) is 0 Å². The molecule has 3 aromatic rings. The minimum Gasteiger partial charge on any atom is -0.298 e. The van der Waals surface area contributed by atoms with Crippen molar-refractivity contribution in [2.45, 2.75) is 6.42 Å². The van der Waals surface area contributed by atoms with Crippen LogP contribution >= 0.6 is 22.9 Å². The van der Waals surface area contributed by atoms with E-state index in [1.165, 1.54) is 21.9 Å². The second-order valence-corrected chi connectivity index (χ2v) is 9.63. The van der Waals surface area contributed by atoms with Gasteiger partial charge in [0.1, 0.15) is 0 Å². The van der Waals surface area contributed by atoms with Crippen molar-refractivity contribution in [3.8, 4) is 11.3 Å². The molecule has 0 radical (unpaired) electrons. The number of thiazole rings is 1. The van der Waals surface area contributed by atoms with Crippen molar-refractivity contribution < 1.29 is 13.2 Å². The maximum Gasteiger partial charge on any atom is 0.257 e. The van der Waals surface area contributed by atoms with Gasteiger partial charge < -0.3 is 0 Å². The molecule has 0 saturated heterocycles. The van der Waals surface area contributed by atoms with Gasteiger partial charge in [-0.05, 0) is 42.3 Å². The van der Waals surface area contributed by atoms with Crippen LogP contribution < -0.4 is 9.62 Å². The lowest BCUT2D eigenvalue weighted by atomic mass is 10.1. The molecular weight excluding hydrogens is 418 g/mol. The molecule has 9 heteroatoms. The SMILES string of the molecule is CS(=O)(=O)N1CCc2cc(C(=O)Nc3nc(-c4ccc(Cl)cc4)cs3)ccc21. The summed E-state index contributed by atoms with van der Waals surface area (Å²) >= 11 is 7.24. The van der Waals surface area contributed by atoms with E-state index >= 15 is 0 Å². The Morgan fingerprint density at radius 1 is 1.21 bits per heavy atom. The summed E-state index contributed by atoms with van der Waals surface area (Å²) in [5, 5.41) is 5.81. The molecule has 1 aliphatic heterocycles. The average molecular weight is 434 g/mol. The van der Waals surface area contributed by atoms with Crippen LogP contribution in [0.5, 0.6) is 0 Å². The molecule has 0 fully saturated rings. The van der Waals surface area contributed by atoms with Crippen molar-refractivity contribution in [2.75, 3.05) is 22.4 Å². The molecule has 0 aliphatic carbocycles. The van der Waals surface area contributed by atoms with Gasteiger partial charge in [0.05, 0.1) is 17.6 Å². The van der Waals surface area contributed by atoms with E-state index in [9.17, 15) is 13.2 Å². The summed E-state index contributed by atoms with van der Waals surface area (Å²) in [7, 11) is -3.31. The number of nitrogens with one attached hydrogen (secondary N) is 1. The van der Waals surface area contributed by atoms with Crippen molar-refractivity contribution in [1.29, 1.82) is 0 Å². The van der Waals surface area contributed by atoms with Gasteiger partial charge in [-0.2, -0.15) is 0 Å². The summed E-state index contributed by atoms with van der Waals surface area (Å²) in [5.74, 6) is -0.280. The molecule has 2 heterocycles. The minimum absolute atomic E-state index is 0.280. The maximum absolute atomic E-state index is 12.6. The number of fused-ring (bicyclic) bond motifs is 1. The van der Waals surface area contributed by atoms with Gasteiger partial charge in [-0.25, -0.2) is 13.4 Å². The Balaban J connectivity index is 1.51. The molecule has 28 heavy (non-hydrogen) atoms. The van der Waals surface area contributed by atoms with E-state index in [-0.39, 0.29) is 5.91 Å². The topological polar surface area (TPSA) is 79.4 Å². The van der Waals surface area contributed by atoms with E-state index in [4.69, 9.17) is 11.6 Å². The monoisotopic (exact) mass is 433 g/mol. The lowest BCUT2D eigenvalue weighted by molar-refractivity contribution is 0.102. The molecule has 0 saturated carbocycles. The average Bonchev–Trinajstić information content (AvgIpc) is 3.28. The van der Waals surface area contributed by atoms with Crippen LogP contribution in [0, 0.1) is 0 Å². The fourth-order valence-corrected chi connectivity index (χ4v) is 4.91. The second kappa shape index (κ2) is 7.20. The van der Waals surface area contributed by atoms with Crippen LogP contribution in [0.4, 0.5) is 10.8 Å². The summed E-state index contributed by atoms with van der Waals surface area (Å²) in [6, 6.07) is 12.4. The summed E-state index contributed by atoms with van der Waals surface area (Å²) in [4.78, 5) is 17.0. The quantitative estimate of drug-likeness (QED) is 0.673. The third-order valence-electron chi connectivity index (χ3n) is 4.46. The molecule has 2 aromatic carbocycles. The molecule has 1 N–H and O–H groups in total. The van der Waals surface area contributed by atoms with Crippen LogP contribution in [0.15, 0.2) is 47.8 Å². The third kappa shape index (κ3) is 3.76. The van der Waals surface area contributed by atoms with E-state index in [1.807, 2.05) is 17.5 Å². The Kier molecular flexibility index (Phi) is 4.86. The number of sulfonamides is 1. The number of halogens is 1. The van der Waals surface area contributed by atoms with Crippen LogP contribution in [0.1, 0.15) is 15.9 Å². The van der Waals surface area contributed by atoms with E-state index in [0.29, 0.717) is 34.4 Å². The van der Waals surface area contributed by atoms with E-state index in [2.05, 4.69) is 10.3 Å². The van der Waals surface area contributed by atoms with E-state index < -0.39 is 10.0 Å². The molecular formula is C19H16ClN3O3S2. The predicted molar refractivity (Wildman–Crippen MR) is 113 cm³/mol. The summed E-state index contributed by atoms with van der Waals surface area (Å²) in [5.41, 5.74) is 3.63. The molecule has 1 amide bonds. The Morgan fingerprint density at radius 2 is 1.96 bits per heavy atom. The number of carbonyl (C=O) groups is 1. The van der Waals surface area contributed by atoms with Gasteiger partial charge in [-0.15, -0.1) is 11.3 Å². The summed E-state index contributed by atoms with van der Waals surface area (Å²) < 4.78 is 25.0. The van der Waals surface area contributed by atoms with E-state index in [1.54, 1.807) is 30.3 Å². The number of amides is 1. The first-order valence-corrected chi connectivity index (χ1v) is 11.6. The third-order valence-corrected chi connectivity index (χ3v) is 6.65. The number of nitrogens with zero attached hydrogens (tertiary/aromatic N) is 2. The largest absolute Gasteiger partial charge is 0.298 e. The fraction of sp³-hybridized carbons (Fsp3) is 0.158. The first-order valence-electron chi connectivity index (χ1n) is 8.45. The second-order valence-electron chi connectivity index (χ2n) is 6.43. The Hall–Kier alpha value is -2.42. The number of carbonyl (C=O) groups excluding carboxylic acids is 1. The first-order chi connectivity index (χ1) is 13.3. The molecule has 0 atom stereocenters. The molecule has 0 unspecified atom stereocenters. The van der Waals surface area contributed by atoms with Crippen molar-refractivity contribution >= 4 is 49.7 Å². The Morgan fingerprint density at radius 3 is 2.68 bits per heavy atom. The Labute approximate surface area is 171 Å². The number of rotatable bonds is 4. The Bertz CT molecular complexity index is 1160. The van der Waals surface area contributed by atoms with Gasteiger partial charge in [0.2, 0.25) is 10.0 Å². The lowest BCUT2D eigenvalue weighted by Crippen LogP contribution is -2.27. The standard InChI is InChI=1S/C19H16ClN3O3S2/c1-28(25,26)23-9-8-13-10-14(4-7-17(13)23)18(24)22-19-21-16(11-27-19)12-2-5-15(20)6-3-12/h2-7,10-11H,8-9H2,1H3,(H,21,22,24). The smallest absolute Gasteiger partial charge is 0.257 e. The summed E-state index contributed by atoms with van der Waals surface area (Å²) in [6.07, 6.45) is 1.77. The molecule has 0 bridgehead atoms. The van der Waals surface area contributed by atoms with Crippen molar-refractivity contribution in [1.82, 2.24) is 4.98 Å². The van der Waals surface area contributed by atoms with Gasteiger partial charge in [-0.1, -0.05) is 23.7 Å². The van der Waals surface area contributed by atoms with Crippen molar-refractivity contribution in [3.05, 3.63) is 64.0 Å². The maximum atomic E-state index is 12.6. The highest BCUT2D eigenvalue weighted by Gasteiger charge is 2.26. The molecule has 1 aliphatic rings. The minimum atomic E-state index is -3.31. The number of anilines is 2. The molecule has 144 valence electrons. The van der Waals surface area contributed by atoms with Crippen LogP contribution in [0.25, 0.3) is 11.3 Å². The molecule has 0 spiro atoms. The van der Waals surface area contributed by atoms with Gasteiger partial charge in [0.25, 0.3) is 5.91 Å². The number of benzene rings is 2. The van der Waals surface area contributed by atoms with Gasteiger partial charge in [0, 0.05) is 28.1 Å². The van der Waals surface area contributed by atoms with Crippen LogP contribution in [0.2, 0.25) is 5.02 Å². The zero-order valence-corrected chi connectivity index (χ0v) is 17.2. The predicted octanol–water partition coefficient (Wildman–Crippen LogP) is 4.04. The molecule has 4 rings (SSSR count). The lowest BCUT2D eigenvalue weighted by Gasteiger charge is -2.16. The highest BCUT2D eigenvalue weighted by atomic mass is 35.5. The normalized spacial score (nSPS) is 13.4. The van der Waals surface area contributed by atoms with Crippen LogP contribution in [0.3, 0.4) is 0 Å². The molecule has 1 aromatic heterocycles. The highest BCUT2D eigenvalue weighted by Crippen LogP contribution is 2.31. The van der Waals surface area contributed by atoms with Gasteiger partial charge >= 0.3 is 0 Å². The number of hydrogen-bond acceptors (Lipinski definition) is 5. The number of aromatic nitrogens is 1. The van der Waals surface area contributed by atoms with Crippen LogP contribution in [-0.2, 0) is 16.4 Å². The summed E-state index contributed by atoms with van der Waals surface area (Å²) in [6.45, 7) is 0.399. The zero-order valence-electron chi connectivity index (χ0n) is 14.8. The zero-order chi connectivity index (χ0) is 19.9. The van der Waals surface area contributed by atoms with Gasteiger partial charge in [0.15, 0.2) is 5.13 Å². The highest BCUT2D eigenvalue weighted by molar-refractivity contribution is 7.92. The fourth-order valence-electron chi connectivity index (χ4n) is 3.11. The molecule has 6 nitrogen and oxygen atoms in total. The van der Waals surface area contributed by atoms with Gasteiger partial charge in [-0.3, -0.25) is 14.4 Å². The first kappa shape index (κ1) is 18.9.